The zero-order valence-corrected chi connectivity index (χ0v) is 12.7. The van der Waals surface area contributed by atoms with Crippen LogP contribution in [0.1, 0.15) is 6.92 Å². The molecule has 0 aliphatic carbocycles. The number of nitrogens with one attached hydrogen (secondary N) is 1. The summed E-state index contributed by atoms with van der Waals surface area (Å²) in [6.07, 6.45) is -0.665. The first kappa shape index (κ1) is 14.8. The molecule has 5 heteroatoms. The maximum Gasteiger partial charge on any atom is 0.426 e. The smallest absolute Gasteiger partial charge is 0.426 e. The number of pyridine rings is 1. The van der Waals surface area contributed by atoms with Crippen molar-refractivity contribution in [3.63, 3.8) is 0 Å². The van der Waals surface area contributed by atoms with Gasteiger partial charge in [0, 0.05) is 10.9 Å². The van der Waals surface area contributed by atoms with E-state index in [9.17, 15) is 9.59 Å². The van der Waals surface area contributed by atoms with Gasteiger partial charge in [0.05, 0.1) is 12.3 Å². The van der Waals surface area contributed by atoms with Crippen LogP contribution in [-0.4, -0.2) is 17.4 Å². The van der Waals surface area contributed by atoms with Gasteiger partial charge in [-0.05, 0) is 24.4 Å². The van der Waals surface area contributed by atoms with E-state index in [4.69, 9.17) is 4.74 Å². The predicted octanol–water partition coefficient (Wildman–Crippen LogP) is 3.37. The molecule has 0 atom stereocenters. The largest absolute Gasteiger partial charge is 0.449 e. The van der Waals surface area contributed by atoms with E-state index >= 15 is 0 Å². The van der Waals surface area contributed by atoms with Crippen molar-refractivity contribution >= 4 is 16.9 Å². The van der Waals surface area contributed by atoms with Crippen LogP contribution in [0.4, 0.5) is 4.79 Å². The number of hydrogen-bond donors (Lipinski definition) is 1. The second kappa shape index (κ2) is 6.36. The lowest BCUT2D eigenvalue weighted by atomic mass is 10.1. The minimum Gasteiger partial charge on any atom is -0.449 e. The number of rotatable bonds is 3. The molecule has 1 heterocycles. The molecular weight excluding hydrogens is 292 g/mol. The number of fused-ring (bicyclic) bond motifs is 1. The van der Waals surface area contributed by atoms with Crippen LogP contribution in [0.15, 0.2) is 65.5 Å². The Kier molecular flexibility index (Phi) is 4.10. The molecule has 23 heavy (non-hydrogen) atoms. The van der Waals surface area contributed by atoms with Gasteiger partial charge in [0.2, 0.25) is 0 Å². The molecule has 0 bridgehead atoms. The van der Waals surface area contributed by atoms with Crippen molar-refractivity contribution in [2.24, 2.45) is 0 Å². The second-order valence-corrected chi connectivity index (χ2v) is 4.96. The Hall–Kier alpha value is -3.08. The second-order valence-electron chi connectivity index (χ2n) is 4.96. The third-order valence-corrected chi connectivity index (χ3v) is 3.48. The summed E-state index contributed by atoms with van der Waals surface area (Å²) in [5.41, 5.74) is 3.64. The molecule has 0 aliphatic rings. The summed E-state index contributed by atoms with van der Waals surface area (Å²) >= 11 is 0. The molecule has 0 unspecified atom stereocenters. The predicted molar refractivity (Wildman–Crippen MR) is 90.0 cm³/mol. The van der Waals surface area contributed by atoms with Gasteiger partial charge in [-0.3, -0.25) is 4.79 Å². The molecule has 0 fully saturated rings. The monoisotopic (exact) mass is 308 g/mol. The molecule has 5 nitrogen and oxygen atoms in total. The summed E-state index contributed by atoms with van der Waals surface area (Å²) in [5.74, 6) is 0. The number of benzene rings is 2. The zero-order chi connectivity index (χ0) is 16.2. The number of nitrogens with zero attached hydrogens (tertiary/aromatic N) is 1. The van der Waals surface area contributed by atoms with Gasteiger partial charge in [0.25, 0.3) is 5.56 Å². The van der Waals surface area contributed by atoms with Crippen molar-refractivity contribution in [3.05, 3.63) is 71.0 Å². The number of carbonyl (C=O) groups excluding carboxylic acids is 1. The van der Waals surface area contributed by atoms with Crippen molar-refractivity contribution in [1.82, 2.24) is 4.68 Å². The van der Waals surface area contributed by atoms with Crippen molar-refractivity contribution in [3.8, 4) is 11.3 Å². The average Bonchev–Trinajstić information content (AvgIpc) is 2.58. The van der Waals surface area contributed by atoms with Gasteiger partial charge < -0.3 is 4.74 Å². The first-order valence-corrected chi connectivity index (χ1v) is 7.34. The number of carbonyl (C=O) groups is 1. The van der Waals surface area contributed by atoms with E-state index in [0.717, 1.165) is 10.9 Å². The fourth-order valence-corrected chi connectivity index (χ4v) is 2.45. The SMILES string of the molecule is CCOC(=O)Nn1c(-c2ccccc2)cc2ccccc2c1=O. The maximum absolute atomic E-state index is 12.8. The van der Waals surface area contributed by atoms with Crippen molar-refractivity contribution in [2.75, 3.05) is 12.0 Å². The highest BCUT2D eigenvalue weighted by molar-refractivity contribution is 5.87. The van der Waals surface area contributed by atoms with Gasteiger partial charge in [-0.15, -0.1) is 0 Å². The molecule has 1 amide bonds. The van der Waals surface area contributed by atoms with Crippen LogP contribution in [0.25, 0.3) is 22.0 Å². The lowest BCUT2D eigenvalue weighted by Crippen LogP contribution is -2.34. The molecule has 0 aliphatic heterocycles. The highest BCUT2D eigenvalue weighted by Gasteiger charge is 2.13. The Morgan fingerprint density at radius 1 is 1.09 bits per heavy atom. The van der Waals surface area contributed by atoms with Gasteiger partial charge in [-0.2, -0.15) is 0 Å². The molecule has 3 aromatic rings. The fourth-order valence-electron chi connectivity index (χ4n) is 2.45. The average molecular weight is 308 g/mol. The Morgan fingerprint density at radius 2 is 1.78 bits per heavy atom. The third kappa shape index (κ3) is 2.94. The van der Waals surface area contributed by atoms with Gasteiger partial charge in [0.1, 0.15) is 0 Å². The van der Waals surface area contributed by atoms with E-state index in [1.54, 1.807) is 19.1 Å². The molecular formula is C18H16N2O3. The summed E-state index contributed by atoms with van der Waals surface area (Å²) in [5, 5.41) is 1.35. The summed E-state index contributed by atoms with van der Waals surface area (Å²) in [4.78, 5) is 24.5. The van der Waals surface area contributed by atoms with Crippen molar-refractivity contribution in [1.29, 1.82) is 0 Å². The van der Waals surface area contributed by atoms with Crippen molar-refractivity contribution < 1.29 is 9.53 Å². The van der Waals surface area contributed by atoms with Crippen LogP contribution in [0, 0.1) is 0 Å². The molecule has 1 N–H and O–H groups in total. The Balaban J connectivity index is 2.23. The summed E-state index contributed by atoms with van der Waals surface area (Å²) < 4.78 is 6.13. The highest BCUT2D eigenvalue weighted by Crippen LogP contribution is 2.21. The highest BCUT2D eigenvalue weighted by atomic mass is 16.6. The van der Waals surface area contributed by atoms with E-state index < -0.39 is 6.09 Å². The summed E-state index contributed by atoms with van der Waals surface area (Å²) in [6.45, 7) is 1.94. The van der Waals surface area contributed by atoms with Gasteiger partial charge in [0.15, 0.2) is 0 Å². The number of hydrogen-bond acceptors (Lipinski definition) is 3. The minimum absolute atomic E-state index is 0.231. The van der Waals surface area contributed by atoms with Crippen LogP contribution in [0.5, 0.6) is 0 Å². The Bertz CT molecular complexity index is 901. The number of ether oxygens (including phenoxy) is 1. The molecule has 0 spiro atoms. The van der Waals surface area contributed by atoms with Crippen LogP contribution in [-0.2, 0) is 4.74 Å². The molecule has 0 saturated carbocycles. The number of aromatic nitrogens is 1. The molecule has 0 radical (unpaired) electrons. The van der Waals surface area contributed by atoms with Crippen LogP contribution < -0.4 is 11.0 Å². The maximum atomic E-state index is 12.8. The Labute approximate surface area is 133 Å². The quantitative estimate of drug-likeness (QED) is 0.807. The van der Waals surface area contributed by atoms with Crippen LogP contribution >= 0.6 is 0 Å². The van der Waals surface area contributed by atoms with Gasteiger partial charge >= 0.3 is 6.09 Å². The molecule has 1 aromatic heterocycles. The van der Waals surface area contributed by atoms with E-state index in [1.807, 2.05) is 48.5 Å². The lowest BCUT2D eigenvalue weighted by molar-refractivity contribution is 0.164. The lowest BCUT2D eigenvalue weighted by Gasteiger charge is -2.15. The van der Waals surface area contributed by atoms with Crippen molar-refractivity contribution in [2.45, 2.75) is 6.92 Å². The molecule has 0 saturated heterocycles. The zero-order valence-electron chi connectivity index (χ0n) is 12.7. The molecule has 2 aromatic carbocycles. The van der Waals surface area contributed by atoms with Crippen LogP contribution in [0.3, 0.4) is 0 Å². The summed E-state index contributed by atoms with van der Waals surface area (Å²) in [6, 6.07) is 18.6. The topological polar surface area (TPSA) is 60.3 Å². The molecule has 116 valence electrons. The first-order chi connectivity index (χ1) is 11.2. The standard InChI is InChI=1S/C18H16N2O3/c1-2-23-18(22)19-20-16(13-8-4-3-5-9-13)12-14-10-6-7-11-15(14)17(20)21/h3-12H,2H2,1H3,(H,19,22). The normalized spacial score (nSPS) is 10.5. The Morgan fingerprint density at radius 3 is 2.52 bits per heavy atom. The summed E-state index contributed by atoms with van der Waals surface area (Å²) in [7, 11) is 0. The molecule has 3 rings (SSSR count). The number of amides is 1. The van der Waals surface area contributed by atoms with Gasteiger partial charge in [-0.1, -0.05) is 48.5 Å². The fraction of sp³-hybridized carbons (Fsp3) is 0.111. The van der Waals surface area contributed by atoms with Crippen LogP contribution in [0.2, 0.25) is 0 Å². The third-order valence-electron chi connectivity index (χ3n) is 3.48. The van der Waals surface area contributed by atoms with E-state index in [2.05, 4.69) is 5.43 Å². The van der Waals surface area contributed by atoms with E-state index in [-0.39, 0.29) is 12.2 Å². The van der Waals surface area contributed by atoms with Gasteiger partial charge in [-0.25, -0.2) is 14.9 Å². The van der Waals surface area contributed by atoms with E-state index in [0.29, 0.717) is 11.1 Å². The van der Waals surface area contributed by atoms with E-state index in [1.165, 1.54) is 4.68 Å². The minimum atomic E-state index is -0.665. The first-order valence-electron chi connectivity index (χ1n) is 7.34.